The highest BCUT2D eigenvalue weighted by atomic mass is 32.2. The van der Waals surface area contributed by atoms with Crippen LogP contribution < -0.4 is 0 Å². The van der Waals surface area contributed by atoms with Crippen LogP contribution in [0.3, 0.4) is 0 Å². The second-order valence-electron chi connectivity index (χ2n) is 5.41. The van der Waals surface area contributed by atoms with Crippen LogP contribution in [0.25, 0.3) is 5.57 Å². The summed E-state index contributed by atoms with van der Waals surface area (Å²) >= 11 is 0. The van der Waals surface area contributed by atoms with Crippen LogP contribution in [0.1, 0.15) is 30.9 Å². The maximum atomic E-state index is 12.9. The molecule has 3 heteroatoms. The third-order valence-corrected chi connectivity index (χ3v) is 5.09. The first-order chi connectivity index (χ1) is 10.5. The van der Waals surface area contributed by atoms with Gasteiger partial charge in [0, 0.05) is 4.90 Å². The van der Waals surface area contributed by atoms with Crippen molar-refractivity contribution in [3.05, 3.63) is 66.2 Å². The van der Waals surface area contributed by atoms with Gasteiger partial charge in [0.1, 0.15) is 0 Å². The van der Waals surface area contributed by atoms with Crippen LogP contribution in [-0.4, -0.2) is 15.4 Å². The molecular formula is C19H22O2S. The summed E-state index contributed by atoms with van der Waals surface area (Å²) in [6.45, 7) is 8.03. The SMILES string of the molecule is C=C(c1ccccc1[S@@](=O)c1ccc(C)cc1)[C@@H](O)CCC. The van der Waals surface area contributed by atoms with Crippen molar-refractivity contribution in [1.29, 1.82) is 0 Å². The second kappa shape index (κ2) is 7.52. The first-order valence-corrected chi connectivity index (χ1v) is 8.64. The molecule has 2 aromatic carbocycles. The molecule has 1 N–H and O–H groups in total. The van der Waals surface area contributed by atoms with Crippen molar-refractivity contribution in [3.8, 4) is 0 Å². The first kappa shape index (κ1) is 16.7. The van der Waals surface area contributed by atoms with Gasteiger partial charge >= 0.3 is 0 Å². The van der Waals surface area contributed by atoms with Crippen molar-refractivity contribution in [3.63, 3.8) is 0 Å². The summed E-state index contributed by atoms with van der Waals surface area (Å²) in [4.78, 5) is 1.46. The van der Waals surface area contributed by atoms with Crippen LogP contribution in [0.2, 0.25) is 0 Å². The molecule has 2 aromatic rings. The van der Waals surface area contributed by atoms with Crippen LogP contribution in [-0.2, 0) is 10.8 Å². The second-order valence-corrected chi connectivity index (χ2v) is 6.86. The van der Waals surface area contributed by atoms with Gasteiger partial charge in [0.2, 0.25) is 0 Å². The number of aliphatic hydroxyl groups is 1. The zero-order valence-electron chi connectivity index (χ0n) is 13.1. The average Bonchev–Trinajstić information content (AvgIpc) is 2.54. The molecular weight excluding hydrogens is 292 g/mol. The molecule has 0 amide bonds. The highest BCUT2D eigenvalue weighted by molar-refractivity contribution is 7.85. The standard InChI is InChI=1S/C19H22O2S/c1-4-7-18(20)15(3)17-8-5-6-9-19(17)22(21)16-12-10-14(2)11-13-16/h5-6,8-13,18,20H,3-4,7H2,1-2H3/t18-,22-/m0/s1. The molecule has 2 atom stereocenters. The minimum absolute atomic E-state index is 0.596. The highest BCUT2D eigenvalue weighted by Crippen LogP contribution is 2.28. The van der Waals surface area contributed by atoms with Crippen molar-refractivity contribution >= 4 is 16.4 Å². The van der Waals surface area contributed by atoms with E-state index in [1.807, 2.05) is 62.4 Å². The lowest BCUT2D eigenvalue weighted by molar-refractivity contribution is 0.221. The molecule has 0 unspecified atom stereocenters. The number of aryl methyl sites for hydroxylation is 1. The van der Waals surface area contributed by atoms with Gasteiger partial charge in [-0.05, 0) is 42.7 Å². The third kappa shape index (κ3) is 3.73. The Balaban J connectivity index is 2.37. The van der Waals surface area contributed by atoms with Crippen molar-refractivity contribution in [2.75, 3.05) is 0 Å². The summed E-state index contributed by atoms with van der Waals surface area (Å²) < 4.78 is 12.9. The van der Waals surface area contributed by atoms with Crippen molar-refractivity contribution in [2.45, 2.75) is 42.6 Å². The van der Waals surface area contributed by atoms with Gasteiger partial charge in [-0.2, -0.15) is 0 Å². The van der Waals surface area contributed by atoms with Gasteiger partial charge in [0.05, 0.1) is 21.8 Å². The van der Waals surface area contributed by atoms with Gasteiger partial charge in [-0.3, -0.25) is 0 Å². The molecule has 0 saturated heterocycles. The molecule has 0 aliphatic heterocycles. The Morgan fingerprint density at radius 3 is 2.45 bits per heavy atom. The molecule has 0 aromatic heterocycles. The largest absolute Gasteiger partial charge is 0.388 e. The van der Waals surface area contributed by atoms with Gasteiger partial charge in [-0.1, -0.05) is 55.8 Å². The molecule has 0 heterocycles. The molecule has 0 aliphatic carbocycles. The predicted molar refractivity (Wildman–Crippen MR) is 92.2 cm³/mol. The summed E-state index contributed by atoms with van der Waals surface area (Å²) in [5.41, 5.74) is 2.55. The van der Waals surface area contributed by atoms with Crippen LogP contribution in [0.15, 0.2) is 64.9 Å². The lowest BCUT2D eigenvalue weighted by Gasteiger charge is -2.16. The topological polar surface area (TPSA) is 37.3 Å². The highest BCUT2D eigenvalue weighted by Gasteiger charge is 2.17. The van der Waals surface area contributed by atoms with Gasteiger partial charge < -0.3 is 5.11 Å². The van der Waals surface area contributed by atoms with Crippen LogP contribution >= 0.6 is 0 Å². The molecule has 0 aliphatic rings. The molecule has 22 heavy (non-hydrogen) atoms. The number of hydrogen-bond donors (Lipinski definition) is 1. The Bertz CT molecular complexity index is 674. The van der Waals surface area contributed by atoms with E-state index in [0.717, 1.165) is 22.4 Å². The minimum atomic E-state index is -1.28. The Kier molecular flexibility index (Phi) is 5.69. The number of benzene rings is 2. The van der Waals surface area contributed by atoms with E-state index in [0.29, 0.717) is 16.9 Å². The maximum Gasteiger partial charge on any atom is 0.0855 e. The molecule has 2 rings (SSSR count). The summed E-state index contributed by atoms with van der Waals surface area (Å²) in [5.74, 6) is 0. The van der Waals surface area contributed by atoms with Crippen LogP contribution in [0.5, 0.6) is 0 Å². The molecule has 116 valence electrons. The zero-order chi connectivity index (χ0) is 16.1. The van der Waals surface area contributed by atoms with Crippen LogP contribution in [0.4, 0.5) is 0 Å². The third-order valence-electron chi connectivity index (χ3n) is 3.63. The summed E-state index contributed by atoms with van der Waals surface area (Å²) in [5, 5.41) is 10.2. The monoisotopic (exact) mass is 314 g/mol. The summed E-state index contributed by atoms with van der Waals surface area (Å²) in [7, 11) is -1.28. The lowest BCUT2D eigenvalue weighted by atomic mass is 9.99. The van der Waals surface area contributed by atoms with E-state index in [2.05, 4.69) is 6.58 Å². The van der Waals surface area contributed by atoms with Crippen LogP contribution in [0, 0.1) is 6.92 Å². The van der Waals surface area contributed by atoms with E-state index in [1.165, 1.54) is 0 Å². The fraction of sp³-hybridized carbons (Fsp3) is 0.263. The fourth-order valence-corrected chi connectivity index (χ4v) is 3.55. The lowest BCUT2D eigenvalue weighted by Crippen LogP contribution is -2.10. The Morgan fingerprint density at radius 1 is 1.18 bits per heavy atom. The average molecular weight is 314 g/mol. The molecule has 0 spiro atoms. The van der Waals surface area contributed by atoms with Gasteiger partial charge in [-0.15, -0.1) is 0 Å². The maximum absolute atomic E-state index is 12.9. The number of rotatable bonds is 6. The number of hydrogen-bond acceptors (Lipinski definition) is 2. The van der Waals surface area contributed by atoms with E-state index >= 15 is 0 Å². The summed E-state index contributed by atoms with van der Waals surface area (Å²) in [6.07, 6.45) is 0.939. The quantitative estimate of drug-likeness (QED) is 0.861. The van der Waals surface area contributed by atoms with Crippen molar-refractivity contribution in [2.24, 2.45) is 0 Å². The minimum Gasteiger partial charge on any atom is -0.388 e. The first-order valence-electron chi connectivity index (χ1n) is 7.49. The fourth-order valence-electron chi connectivity index (χ4n) is 2.31. The Labute approximate surface area is 135 Å². The zero-order valence-corrected chi connectivity index (χ0v) is 13.9. The van der Waals surface area contributed by atoms with E-state index in [1.54, 1.807) is 0 Å². The van der Waals surface area contributed by atoms with E-state index in [9.17, 15) is 9.32 Å². The van der Waals surface area contributed by atoms with Gasteiger partial charge in [-0.25, -0.2) is 4.21 Å². The smallest absolute Gasteiger partial charge is 0.0855 e. The number of aliphatic hydroxyl groups excluding tert-OH is 1. The molecule has 0 fully saturated rings. The Morgan fingerprint density at radius 2 is 1.82 bits per heavy atom. The van der Waals surface area contributed by atoms with E-state index in [4.69, 9.17) is 0 Å². The molecule has 2 nitrogen and oxygen atoms in total. The van der Waals surface area contributed by atoms with E-state index in [-0.39, 0.29) is 0 Å². The van der Waals surface area contributed by atoms with E-state index < -0.39 is 16.9 Å². The van der Waals surface area contributed by atoms with Crippen molar-refractivity contribution in [1.82, 2.24) is 0 Å². The van der Waals surface area contributed by atoms with Gasteiger partial charge in [0.25, 0.3) is 0 Å². The predicted octanol–water partition coefficient (Wildman–Crippen LogP) is 4.34. The van der Waals surface area contributed by atoms with Crippen molar-refractivity contribution < 1.29 is 9.32 Å². The Hall–Kier alpha value is -1.71. The normalized spacial score (nSPS) is 13.6. The molecule has 0 radical (unpaired) electrons. The molecule has 0 bridgehead atoms. The molecule has 0 saturated carbocycles. The summed E-state index contributed by atoms with van der Waals surface area (Å²) in [6, 6.07) is 15.1. The van der Waals surface area contributed by atoms with Gasteiger partial charge in [0.15, 0.2) is 0 Å².